The van der Waals surface area contributed by atoms with Gasteiger partial charge in [-0.3, -0.25) is 9.59 Å². The van der Waals surface area contributed by atoms with Gasteiger partial charge in [-0.25, -0.2) is 13.1 Å². The van der Waals surface area contributed by atoms with Gasteiger partial charge in [-0.1, -0.05) is 24.3 Å². The van der Waals surface area contributed by atoms with Crippen LogP contribution >= 0.6 is 0 Å². The van der Waals surface area contributed by atoms with Crippen molar-refractivity contribution in [2.75, 3.05) is 7.05 Å². The van der Waals surface area contributed by atoms with E-state index in [9.17, 15) is 18.0 Å². The number of hydrogen-bond acceptors (Lipinski definition) is 4. The van der Waals surface area contributed by atoms with Gasteiger partial charge in [-0.05, 0) is 24.2 Å². The molecule has 0 atom stereocenters. The number of rotatable bonds is 6. The Balaban J connectivity index is 2.02. The zero-order valence-corrected chi connectivity index (χ0v) is 13.3. The van der Waals surface area contributed by atoms with Crippen LogP contribution in [0.25, 0.3) is 0 Å². The van der Waals surface area contributed by atoms with Gasteiger partial charge in [-0.2, -0.15) is 0 Å². The second-order valence-electron chi connectivity index (χ2n) is 4.91. The molecule has 0 unspecified atom stereocenters. The molecule has 1 aromatic heterocycles. The standard InChI is InChI=1S/C15H17N3O4S/c1-16-23(21,22)10-12-4-2-3-11(7-12)8-18-15(20)13-5-6-14(19)17-9-13/h2-7,9,16H,8,10H2,1H3,(H,17,19)(H,18,20). The van der Waals surface area contributed by atoms with Gasteiger partial charge in [0, 0.05) is 18.8 Å². The van der Waals surface area contributed by atoms with E-state index in [2.05, 4.69) is 15.0 Å². The van der Waals surface area contributed by atoms with Crippen LogP contribution in [0.4, 0.5) is 0 Å². The third kappa shape index (κ3) is 5.04. The summed E-state index contributed by atoms with van der Waals surface area (Å²) in [7, 11) is -1.97. The molecule has 0 aliphatic carbocycles. The Morgan fingerprint density at radius 1 is 1.17 bits per heavy atom. The minimum absolute atomic E-state index is 0.120. The van der Waals surface area contributed by atoms with Crippen molar-refractivity contribution in [2.45, 2.75) is 12.3 Å². The summed E-state index contributed by atoms with van der Waals surface area (Å²) in [4.78, 5) is 25.3. The Bertz CT molecular complexity index is 839. The van der Waals surface area contributed by atoms with E-state index in [1.165, 1.54) is 25.4 Å². The van der Waals surface area contributed by atoms with E-state index in [0.29, 0.717) is 11.1 Å². The van der Waals surface area contributed by atoms with Gasteiger partial charge in [-0.15, -0.1) is 0 Å². The Morgan fingerprint density at radius 3 is 2.57 bits per heavy atom. The SMILES string of the molecule is CNS(=O)(=O)Cc1cccc(CNC(=O)c2ccc(=O)[nH]c2)c1. The lowest BCUT2D eigenvalue weighted by Crippen LogP contribution is -2.24. The molecule has 0 saturated heterocycles. The Labute approximate surface area is 133 Å². The van der Waals surface area contributed by atoms with E-state index >= 15 is 0 Å². The van der Waals surface area contributed by atoms with Gasteiger partial charge in [0.15, 0.2) is 0 Å². The summed E-state index contributed by atoms with van der Waals surface area (Å²) in [6.45, 7) is 0.255. The van der Waals surface area contributed by atoms with E-state index in [4.69, 9.17) is 0 Å². The molecule has 23 heavy (non-hydrogen) atoms. The molecule has 3 N–H and O–H groups in total. The van der Waals surface area contributed by atoms with Gasteiger partial charge in [0.05, 0.1) is 11.3 Å². The summed E-state index contributed by atoms with van der Waals surface area (Å²) in [5.41, 5.74) is 1.49. The lowest BCUT2D eigenvalue weighted by molar-refractivity contribution is 0.0950. The van der Waals surface area contributed by atoms with Crippen LogP contribution in [-0.4, -0.2) is 26.4 Å². The number of carbonyl (C=O) groups is 1. The summed E-state index contributed by atoms with van der Waals surface area (Å²) in [6.07, 6.45) is 1.34. The smallest absolute Gasteiger partial charge is 0.253 e. The molecule has 122 valence electrons. The molecule has 0 fully saturated rings. The summed E-state index contributed by atoms with van der Waals surface area (Å²) >= 11 is 0. The number of aromatic amines is 1. The molecule has 7 nitrogen and oxygen atoms in total. The van der Waals surface area contributed by atoms with Crippen molar-refractivity contribution in [2.24, 2.45) is 0 Å². The monoisotopic (exact) mass is 335 g/mol. The van der Waals surface area contributed by atoms with Crippen molar-refractivity contribution in [1.82, 2.24) is 15.0 Å². The molecule has 0 aliphatic rings. The van der Waals surface area contributed by atoms with E-state index in [1.54, 1.807) is 24.3 Å². The molecule has 0 aliphatic heterocycles. The molecule has 0 saturated carbocycles. The Kier molecular flexibility index (Phi) is 5.30. The van der Waals surface area contributed by atoms with Crippen LogP contribution in [0.3, 0.4) is 0 Å². The molecule has 2 rings (SSSR count). The second-order valence-corrected chi connectivity index (χ2v) is 6.83. The number of sulfonamides is 1. The highest BCUT2D eigenvalue weighted by molar-refractivity contribution is 7.88. The highest BCUT2D eigenvalue weighted by Gasteiger charge is 2.09. The van der Waals surface area contributed by atoms with Crippen molar-refractivity contribution in [3.05, 3.63) is 69.6 Å². The number of carbonyl (C=O) groups excluding carboxylic acids is 1. The van der Waals surface area contributed by atoms with Crippen molar-refractivity contribution in [3.8, 4) is 0 Å². The molecule has 1 amide bonds. The predicted octanol–water partition coefficient (Wildman–Crippen LogP) is 0.354. The number of nitrogens with one attached hydrogen (secondary N) is 3. The van der Waals surface area contributed by atoms with Crippen LogP contribution in [0.1, 0.15) is 21.5 Å². The fourth-order valence-electron chi connectivity index (χ4n) is 1.96. The Hall–Kier alpha value is -2.45. The highest BCUT2D eigenvalue weighted by atomic mass is 32.2. The third-order valence-corrected chi connectivity index (χ3v) is 4.49. The van der Waals surface area contributed by atoms with E-state index in [1.807, 2.05) is 0 Å². The van der Waals surface area contributed by atoms with E-state index in [0.717, 1.165) is 5.56 Å². The van der Waals surface area contributed by atoms with Crippen LogP contribution in [0.15, 0.2) is 47.4 Å². The maximum absolute atomic E-state index is 12.0. The summed E-state index contributed by atoms with van der Waals surface area (Å²) in [5.74, 6) is -0.444. The maximum Gasteiger partial charge on any atom is 0.253 e. The number of pyridine rings is 1. The zero-order chi connectivity index (χ0) is 16.9. The average Bonchev–Trinajstić information content (AvgIpc) is 2.53. The minimum atomic E-state index is -3.34. The summed E-state index contributed by atoms with van der Waals surface area (Å²) < 4.78 is 25.4. The maximum atomic E-state index is 12.0. The van der Waals surface area contributed by atoms with E-state index < -0.39 is 10.0 Å². The van der Waals surface area contributed by atoms with Crippen LogP contribution in [0.2, 0.25) is 0 Å². The van der Waals surface area contributed by atoms with Crippen LogP contribution in [0, 0.1) is 0 Å². The highest BCUT2D eigenvalue weighted by Crippen LogP contribution is 2.09. The normalized spacial score (nSPS) is 11.2. The van der Waals surface area contributed by atoms with Gasteiger partial charge in [0.25, 0.3) is 5.91 Å². The molecular weight excluding hydrogens is 318 g/mol. The van der Waals surface area contributed by atoms with E-state index in [-0.39, 0.29) is 23.8 Å². The van der Waals surface area contributed by atoms with Crippen LogP contribution in [-0.2, 0) is 22.3 Å². The minimum Gasteiger partial charge on any atom is -0.348 e. The van der Waals surface area contributed by atoms with Crippen molar-refractivity contribution in [1.29, 1.82) is 0 Å². The zero-order valence-electron chi connectivity index (χ0n) is 12.5. The first-order chi connectivity index (χ1) is 10.9. The first kappa shape index (κ1) is 16.9. The number of amides is 1. The van der Waals surface area contributed by atoms with Crippen molar-refractivity contribution < 1.29 is 13.2 Å². The third-order valence-electron chi connectivity index (χ3n) is 3.16. The summed E-state index contributed by atoms with van der Waals surface area (Å²) in [5, 5.41) is 2.71. The largest absolute Gasteiger partial charge is 0.348 e. The van der Waals surface area contributed by atoms with Gasteiger partial charge in [0.1, 0.15) is 0 Å². The molecule has 0 bridgehead atoms. The molecule has 8 heteroatoms. The quantitative estimate of drug-likeness (QED) is 0.708. The fourth-order valence-corrected chi connectivity index (χ4v) is 2.72. The van der Waals surface area contributed by atoms with Crippen molar-refractivity contribution >= 4 is 15.9 Å². The second kappa shape index (κ2) is 7.21. The lowest BCUT2D eigenvalue weighted by atomic mass is 10.1. The van der Waals surface area contributed by atoms with Crippen molar-refractivity contribution in [3.63, 3.8) is 0 Å². The first-order valence-electron chi connectivity index (χ1n) is 6.85. The average molecular weight is 335 g/mol. The molecule has 2 aromatic rings. The number of benzene rings is 1. The predicted molar refractivity (Wildman–Crippen MR) is 86.4 cm³/mol. The van der Waals surface area contributed by atoms with Crippen LogP contribution in [0.5, 0.6) is 0 Å². The van der Waals surface area contributed by atoms with Crippen LogP contribution < -0.4 is 15.6 Å². The first-order valence-corrected chi connectivity index (χ1v) is 8.51. The molecular formula is C15H17N3O4S. The summed E-state index contributed by atoms with van der Waals surface area (Å²) in [6, 6.07) is 9.68. The van der Waals surface area contributed by atoms with Gasteiger partial charge in [0.2, 0.25) is 15.6 Å². The van der Waals surface area contributed by atoms with Gasteiger partial charge >= 0.3 is 0 Å². The number of aromatic nitrogens is 1. The number of H-pyrrole nitrogens is 1. The molecule has 1 aromatic carbocycles. The van der Waals surface area contributed by atoms with Gasteiger partial charge < -0.3 is 10.3 Å². The lowest BCUT2D eigenvalue weighted by Gasteiger charge is -2.08. The Morgan fingerprint density at radius 2 is 1.91 bits per heavy atom. The topological polar surface area (TPSA) is 108 Å². The number of hydrogen-bond donors (Lipinski definition) is 3. The molecule has 1 heterocycles. The molecule has 0 spiro atoms. The fraction of sp³-hybridized carbons (Fsp3) is 0.200. The molecule has 0 radical (unpaired) electrons.